The van der Waals surface area contributed by atoms with Gasteiger partial charge in [0.25, 0.3) is 0 Å². The zero-order valence-corrected chi connectivity index (χ0v) is 50.0. The third-order valence-electron chi connectivity index (χ3n) is 22.2. The van der Waals surface area contributed by atoms with Crippen molar-refractivity contribution in [2.75, 3.05) is 26.4 Å². The van der Waals surface area contributed by atoms with Crippen molar-refractivity contribution < 1.29 is 133 Å². The quantitative estimate of drug-likeness (QED) is 0.0277. The highest BCUT2D eigenvalue weighted by atomic mass is 16.8. The van der Waals surface area contributed by atoms with Gasteiger partial charge in [-0.05, 0) is 92.8 Å². The van der Waals surface area contributed by atoms with Crippen LogP contribution in [0.3, 0.4) is 0 Å². The van der Waals surface area contributed by atoms with Crippen LogP contribution in [-0.2, 0) is 66.5 Å². The molecule has 9 rings (SSSR count). The molecule has 0 aromatic rings. The van der Waals surface area contributed by atoms with E-state index in [4.69, 9.17) is 47.4 Å². The summed E-state index contributed by atoms with van der Waals surface area (Å²) in [6, 6.07) is 0. The molecule has 27 nitrogen and oxygen atoms in total. The third-order valence-corrected chi connectivity index (χ3v) is 22.2. The molecule has 0 spiro atoms. The number of rotatable bonds is 15. The number of aliphatic hydroxyl groups excluding tert-OH is 12. The largest absolute Gasteiger partial charge is 0.479 e. The van der Waals surface area contributed by atoms with Crippen molar-refractivity contribution in [2.24, 2.45) is 50.2 Å². The van der Waals surface area contributed by atoms with Gasteiger partial charge in [0, 0.05) is 17.9 Å². The Morgan fingerprint density at radius 1 is 0.663 bits per heavy atom. The average Bonchev–Trinajstić information content (AvgIpc) is 0.672. The van der Waals surface area contributed by atoms with E-state index in [9.17, 15) is 85.6 Å². The molecule has 4 saturated heterocycles. The molecule has 86 heavy (non-hydrogen) atoms. The SMILES string of the molecule is C/C=C(/C)C(=O)OC1C(OC(C)=O)C2(CO)C(O)CC3(C)C(=CCC4C5(C)CCC(OC6OC(C(=O)O)C(O)C(OC7OCC(O)C(O)C7OC7OCC(O)C(O)C7O)C6OC6OC(CO)C(O)C(O)C6O)C(C)(C=O)C5CCC43C)C2CC1(C)C. The van der Waals surface area contributed by atoms with Crippen molar-refractivity contribution >= 4 is 24.2 Å². The van der Waals surface area contributed by atoms with Crippen molar-refractivity contribution in [3.05, 3.63) is 23.3 Å². The summed E-state index contributed by atoms with van der Waals surface area (Å²) in [5.41, 5.74) is -4.42. The maximum Gasteiger partial charge on any atom is 0.335 e. The first kappa shape index (κ1) is 67.2. The number of aldehydes is 1. The molecule has 4 saturated carbocycles. The number of fused-ring (bicyclic) bond motifs is 7. The van der Waals surface area contributed by atoms with Crippen molar-refractivity contribution in [1.82, 2.24) is 0 Å². The second kappa shape index (κ2) is 24.8. The first-order chi connectivity index (χ1) is 40.3. The highest BCUT2D eigenvalue weighted by Crippen LogP contribution is 2.76. The molecule has 5 aliphatic carbocycles. The molecule has 4 aliphatic heterocycles. The van der Waals surface area contributed by atoms with Crippen LogP contribution < -0.4 is 0 Å². The highest BCUT2D eigenvalue weighted by Gasteiger charge is 2.74. The van der Waals surface area contributed by atoms with Crippen molar-refractivity contribution in [1.29, 1.82) is 0 Å². The Kier molecular flexibility index (Phi) is 19.3. The molecule has 4 heterocycles. The van der Waals surface area contributed by atoms with E-state index in [2.05, 4.69) is 26.8 Å². The first-order valence-corrected chi connectivity index (χ1v) is 29.9. The van der Waals surface area contributed by atoms with Crippen molar-refractivity contribution in [2.45, 2.75) is 242 Å². The van der Waals surface area contributed by atoms with Crippen LogP contribution >= 0.6 is 0 Å². The molecule has 0 amide bonds. The third kappa shape index (κ3) is 10.9. The van der Waals surface area contributed by atoms with E-state index in [1.165, 1.54) is 6.92 Å². The summed E-state index contributed by atoms with van der Waals surface area (Å²) in [6.07, 6.45) is -32.4. The van der Waals surface area contributed by atoms with Crippen molar-refractivity contribution in [3.8, 4) is 0 Å². The van der Waals surface area contributed by atoms with E-state index in [1.807, 2.05) is 13.8 Å². The van der Waals surface area contributed by atoms with E-state index >= 15 is 0 Å². The van der Waals surface area contributed by atoms with Gasteiger partial charge in [-0.25, -0.2) is 9.59 Å². The van der Waals surface area contributed by atoms with E-state index in [-0.39, 0.29) is 18.8 Å². The minimum atomic E-state index is -2.28. The van der Waals surface area contributed by atoms with E-state index in [0.29, 0.717) is 37.7 Å². The molecule has 13 N–H and O–H groups in total. The molecule has 0 aromatic carbocycles. The summed E-state index contributed by atoms with van der Waals surface area (Å²) < 4.78 is 60.5. The fourth-order valence-corrected chi connectivity index (χ4v) is 17.0. The van der Waals surface area contributed by atoms with Gasteiger partial charge in [0.2, 0.25) is 0 Å². The number of aliphatic hydroxyl groups is 12. The van der Waals surface area contributed by atoms with Crippen LogP contribution in [0.25, 0.3) is 0 Å². The monoisotopic (exact) mass is 1230 g/mol. The van der Waals surface area contributed by atoms with Gasteiger partial charge in [-0.15, -0.1) is 0 Å². The summed E-state index contributed by atoms with van der Waals surface area (Å²) >= 11 is 0. The number of allylic oxidation sites excluding steroid dienone is 3. The maximum absolute atomic E-state index is 14.2. The zero-order chi connectivity index (χ0) is 63.3. The van der Waals surface area contributed by atoms with Gasteiger partial charge < -0.3 is 119 Å². The number of ether oxygens (including phenoxy) is 10. The lowest BCUT2D eigenvalue weighted by Gasteiger charge is -2.72. The Balaban J connectivity index is 1.05. The molecule has 488 valence electrons. The predicted molar refractivity (Wildman–Crippen MR) is 289 cm³/mol. The van der Waals surface area contributed by atoms with Crippen LogP contribution in [0.1, 0.15) is 107 Å². The number of hydrogen-bond donors (Lipinski definition) is 13. The number of carbonyl (C=O) groups is 4. The number of esters is 2. The highest BCUT2D eigenvalue weighted by molar-refractivity contribution is 5.87. The fourth-order valence-electron chi connectivity index (χ4n) is 17.0. The lowest BCUT2D eigenvalue weighted by Crippen LogP contribution is -2.72. The molecular weight excluding hydrogens is 1140 g/mol. The molecule has 30 atom stereocenters. The fraction of sp³-hybridized carbons (Fsp3) is 0.864. The first-order valence-electron chi connectivity index (χ1n) is 29.9. The van der Waals surface area contributed by atoms with Gasteiger partial charge in [0.1, 0.15) is 97.8 Å². The van der Waals surface area contributed by atoms with Crippen LogP contribution in [-0.4, -0.2) is 252 Å². The number of carboxylic acid groups (broad SMARTS) is 1. The predicted octanol–water partition coefficient (Wildman–Crippen LogP) is -2.01. The molecule has 8 fully saturated rings. The molecular formula is C59H90O27. The number of carbonyl (C=O) groups excluding carboxylic acids is 3. The summed E-state index contributed by atoms with van der Waals surface area (Å²) in [5.74, 6) is -4.24. The minimum Gasteiger partial charge on any atom is -0.479 e. The van der Waals surface area contributed by atoms with Gasteiger partial charge in [0.05, 0.1) is 49.5 Å². The van der Waals surface area contributed by atoms with Gasteiger partial charge >= 0.3 is 17.9 Å². The van der Waals surface area contributed by atoms with Gasteiger partial charge in [-0.2, -0.15) is 0 Å². The summed E-state index contributed by atoms with van der Waals surface area (Å²) in [6.45, 7) is 13.8. The lowest BCUT2D eigenvalue weighted by atomic mass is 9.33. The van der Waals surface area contributed by atoms with Gasteiger partial charge in [-0.1, -0.05) is 59.3 Å². The standard InChI is InChI=1S/C59H90O27/c1-10-24(2)49(76)86-46-47(79-25(3)63)59(23-62)27(17-54(46,4)5)26-11-12-32-55(6)15-14-34(56(7,22-61)31(55)13-16-57(32,8)58(26,9)18-33(59)66)81-53-45(85-51-40(72)38(70)37(69)30(19-60)80-51)42(41(73)43(83-53)48(74)75)82-52-44(36(68)29(65)21-78-52)84-50-39(71)35(67)28(64)20-77-50/h10-11,22,27-47,50-53,60,62,64-73H,12-21,23H2,1-9H3,(H,74,75)/b24-10-. The Labute approximate surface area is 498 Å². The molecule has 9 aliphatic rings. The number of aliphatic carboxylic acids is 1. The molecule has 0 bridgehead atoms. The lowest BCUT2D eigenvalue weighted by molar-refractivity contribution is -0.398. The van der Waals surface area contributed by atoms with Crippen molar-refractivity contribution in [3.63, 3.8) is 0 Å². The van der Waals surface area contributed by atoms with Crippen LogP contribution in [0, 0.1) is 50.2 Å². The Morgan fingerprint density at radius 2 is 1.29 bits per heavy atom. The second-order valence-electron chi connectivity index (χ2n) is 27.3. The zero-order valence-electron chi connectivity index (χ0n) is 50.0. The normalized spacial score (nSPS) is 51.1. The van der Waals surface area contributed by atoms with Crippen LogP contribution in [0.2, 0.25) is 0 Å². The number of hydrogen-bond acceptors (Lipinski definition) is 26. The Hall–Kier alpha value is -3.24. The van der Waals surface area contributed by atoms with Gasteiger partial charge in [0.15, 0.2) is 31.3 Å². The second-order valence-corrected chi connectivity index (χ2v) is 27.3. The van der Waals surface area contributed by atoms with Crippen LogP contribution in [0.5, 0.6) is 0 Å². The van der Waals surface area contributed by atoms with Crippen LogP contribution in [0.4, 0.5) is 0 Å². The Morgan fingerprint density at radius 3 is 1.91 bits per heavy atom. The molecule has 0 radical (unpaired) electrons. The van der Waals surface area contributed by atoms with E-state index in [0.717, 1.165) is 11.9 Å². The van der Waals surface area contributed by atoms with E-state index in [1.54, 1.807) is 26.8 Å². The number of carboxylic acids is 1. The van der Waals surface area contributed by atoms with Gasteiger partial charge in [-0.3, -0.25) is 4.79 Å². The topological polar surface area (TPSA) is 424 Å². The van der Waals surface area contributed by atoms with Crippen LogP contribution in [0.15, 0.2) is 23.3 Å². The molecule has 30 unspecified atom stereocenters. The molecule has 27 heteroatoms. The maximum atomic E-state index is 14.2. The Bertz CT molecular complexity index is 2550. The minimum absolute atomic E-state index is 0.112. The smallest absolute Gasteiger partial charge is 0.335 e. The molecule has 0 aromatic heterocycles. The van der Waals surface area contributed by atoms with E-state index < -0.39 is 224 Å². The summed E-state index contributed by atoms with van der Waals surface area (Å²) in [4.78, 5) is 53.8. The average molecular weight is 1230 g/mol. The summed E-state index contributed by atoms with van der Waals surface area (Å²) in [5, 5.41) is 144. The summed E-state index contributed by atoms with van der Waals surface area (Å²) in [7, 11) is 0.